The molecule has 2 rings (SSSR count). The third-order valence-corrected chi connectivity index (χ3v) is 3.32. The summed E-state index contributed by atoms with van der Waals surface area (Å²) < 4.78 is 35.5. The molecule has 0 amide bonds. The van der Waals surface area contributed by atoms with Gasteiger partial charge >= 0.3 is 16.4 Å². The Balaban J connectivity index is 1.96. The second-order valence-electron chi connectivity index (χ2n) is 3.77. The van der Waals surface area contributed by atoms with Gasteiger partial charge in [0.05, 0.1) is 0 Å². The third-order valence-electron chi connectivity index (χ3n) is 2.42. The molecule has 0 aliphatic carbocycles. The second kappa shape index (κ2) is 5.05. The number of esters is 1. The van der Waals surface area contributed by atoms with Crippen molar-refractivity contribution in [3.8, 4) is 0 Å². The van der Waals surface area contributed by atoms with Crippen molar-refractivity contribution in [2.45, 2.75) is 19.1 Å². The van der Waals surface area contributed by atoms with Gasteiger partial charge < -0.3 is 4.74 Å². The van der Waals surface area contributed by atoms with Gasteiger partial charge in [0.15, 0.2) is 0 Å². The first-order chi connectivity index (χ1) is 8.48. The van der Waals surface area contributed by atoms with Crippen LogP contribution in [0.3, 0.4) is 0 Å². The van der Waals surface area contributed by atoms with Crippen molar-refractivity contribution in [1.82, 2.24) is 0 Å². The van der Waals surface area contributed by atoms with E-state index in [4.69, 9.17) is 4.74 Å². The van der Waals surface area contributed by atoms with E-state index >= 15 is 0 Å². The van der Waals surface area contributed by atoms with Crippen molar-refractivity contribution in [2.75, 3.05) is 6.61 Å². The van der Waals surface area contributed by atoms with Crippen LogP contribution in [-0.2, 0) is 28.3 Å². The number of benzene rings is 1. The van der Waals surface area contributed by atoms with Crippen LogP contribution in [-0.4, -0.2) is 27.1 Å². The maximum atomic E-state index is 11.6. The molecule has 18 heavy (non-hydrogen) atoms. The van der Waals surface area contributed by atoms with E-state index in [-0.39, 0.29) is 6.61 Å². The summed E-state index contributed by atoms with van der Waals surface area (Å²) in [6.07, 6.45) is -1.70. The molecule has 0 spiro atoms. The lowest BCUT2D eigenvalue weighted by Crippen LogP contribution is -2.26. The monoisotopic (exact) mass is 272 g/mol. The van der Waals surface area contributed by atoms with Gasteiger partial charge in [-0.25, -0.2) is 13.2 Å². The third kappa shape index (κ3) is 3.06. The van der Waals surface area contributed by atoms with Crippen molar-refractivity contribution < 1.29 is 26.3 Å². The molecule has 0 saturated carbocycles. The maximum Gasteiger partial charge on any atom is 0.400 e. The fourth-order valence-electron chi connectivity index (χ4n) is 1.49. The fraction of sp³-hybridized carbons (Fsp3) is 0.364. The van der Waals surface area contributed by atoms with Gasteiger partial charge in [-0.2, -0.15) is 8.42 Å². The average Bonchev–Trinajstić information content (AvgIpc) is 2.71. The normalized spacial score (nSPS) is 23.5. The largest absolute Gasteiger partial charge is 0.456 e. The van der Waals surface area contributed by atoms with Gasteiger partial charge in [-0.1, -0.05) is 30.3 Å². The van der Waals surface area contributed by atoms with Crippen LogP contribution < -0.4 is 0 Å². The van der Waals surface area contributed by atoms with Crippen molar-refractivity contribution >= 4 is 16.4 Å². The zero-order chi connectivity index (χ0) is 13.2. The molecule has 0 aromatic heterocycles. The number of rotatable bonds is 3. The summed E-state index contributed by atoms with van der Waals surface area (Å²) in [6, 6.07) is 9.10. The zero-order valence-corrected chi connectivity index (χ0v) is 10.4. The first-order valence-corrected chi connectivity index (χ1v) is 6.64. The van der Waals surface area contributed by atoms with Crippen LogP contribution in [0.4, 0.5) is 0 Å². The van der Waals surface area contributed by atoms with Gasteiger partial charge in [-0.15, -0.1) is 0 Å². The Morgan fingerprint density at radius 1 is 1.39 bits per heavy atom. The minimum absolute atomic E-state index is 0.345. The summed E-state index contributed by atoms with van der Waals surface area (Å²) >= 11 is 0. The van der Waals surface area contributed by atoms with E-state index in [2.05, 4.69) is 8.37 Å². The van der Waals surface area contributed by atoms with E-state index in [1.165, 1.54) is 0 Å². The van der Waals surface area contributed by atoms with Crippen LogP contribution in [0.5, 0.6) is 0 Å². The summed E-state index contributed by atoms with van der Waals surface area (Å²) in [5.41, 5.74) is 0.813. The van der Waals surface area contributed by atoms with Crippen LogP contribution in [0.15, 0.2) is 30.3 Å². The van der Waals surface area contributed by atoms with Crippen molar-refractivity contribution in [3.63, 3.8) is 0 Å². The maximum absolute atomic E-state index is 11.6. The number of ether oxygens (including phenoxy) is 1. The van der Waals surface area contributed by atoms with Gasteiger partial charge in [-0.3, -0.25) is 0 Å². The molecule has 1 heterocycles. The summed E-state index contributed by atoms with van der Waals surface area (Å²) in [6.45, 7) is 1.35. The predicted octanol–water partition coefficient (Wildman–Crippen LogP) is 0.951. The minimum Gasteiger partial charge on any atom is -0.456 e. The summed E-state index contributed by atoms with van der Waals surface area (Å²) in [7, 11) is -4.04. The number of carbonyl (C=O) groups excluding carboxylic acids is 1. The molecule has 0 N–H and O–H groups in total. The summed E-state index contributed by atoms with van der Waals surface area (Å²) in [5.74, 6) is -0.757. The highest BCUT2D eigenvalue weighted by Crippen LogP contribution is 2.20. The fourth-order valence-corrected chi connectivity index (χ4v) is 2.26. The Morgan fingerprint density at radius 2 is 2.06 bits per heavy atom. The van der Waals surface area contributed by atoms with E-state index in [0.717, 1.165) is 5.56 Å². The Hall–Kier alpha value is -1.44. The van der Waals surface area contributed by atoms with Gasteiger partial charge in [0.25, 0.3) is 0 Å². The Morgan fingerprint density at radius 3 is 2.61 bits per heavy atom. The number of carbonyl (C=O) groups is 1. The van der Waals surface area contributed by atoms with Crippen LogP contribution >= 0.6 is 0 Å². The highest BCUT2D eigenvalue weighted by atomic mass is 32.3. The van der Waals surface area contributed by atoms with Gasteiger partial charge in [0.2, 0.25) is 6.10 Å². The molecule has 6 nitrogen and oxygen atoms in total. The Labute approximate surface area is 105 Å². The van der Waals surface area contributed by atoms with Gasteiger partial charge in [-0.05, 0) is 12.5 Å². The molecule has 1 aliphatic heterocycles. The molecule has 2 atom stereocenters. The lowest BCUT2D eigenvalue weighted by molar-refractivity contribution is -0.156. The first kappa shape index (κ1) is 13.0. The molecule has 7 heteroatoms. The molecule has 0 radical (unpaired) electrons. The molecule has 1 aromatic carbocycles. The van der Waals surface area contributed by atoms with Crippen molar-refractivity contribution in [3.05, 3.63) is 35.9 Å². The predicted molar refractivity (Wildman–Crippen MR) is 60.7 cm³/mol. The lowest BCUT2D eigenvalue weighted by atomic mass is 10.1. The van der Waals surface area contributed by atoms with E-state index in [9.17, 15) is 13.2 Å². The van der Waals surface area contributed by atoms with Crippen LogP contribution in [0, 0.1) is 0 Å². The molecule has 1 fully saturated rings. The van der Waals surface area contributed by atoms with Crippen molar-refractivity contribution in [2.24, 2.45) is 0 Å². The van der Waals surface area contributed by atoms with Gasteiger partial charge in [0.1, 0.15) is 12.7 Å². The standard InChI is InChI=1S/C11H12O6S/c1-8(9-5-3-2-4-6-9)16-11(12)10-7-15-18(13,14)17-10/h2-6,8,10H,7H2,1H3. The quantitative estimate of drug-likeness (QED) is 0.762. The Bertz CT molecular complexity index is 524. The lowest BCUT2D eigenvalue weighted by Gasteiger charge is -2.14. The van der Waals surface area contributed by atoms with Crippen LogP contribution in [0.2, 0.25) is 0 Å². The zero-order valence-electron chi connectivity index (χ0n) is 9.61. The number of hydrogen-bond donors (Lipinski definition) is 0. The van der Waals surface area contributed by atoms with Crippen LogP contribution in [0.1, 0.15) is 18.6 Å². The van der Waals surface area contributed by atoms with E-state index in [1.807, 2.05) is 18.2 Å². The SMILES string of the molecule is CC(OC(=O)C1COS(=O)(=O)O1)c1ccccc1. The van der Waals surface area contributed by atoms with E-state index in [0.29, 0.717) is 0 Å². The van der Waals surface area contributed by atoms with Gasteiger partial charge in [0, 0.05) is 0 Å². The number of hydrogen-bond acceptors (Lipinski definition) is 6. The molecule has 2 unspecified atom stereocenters. The molecular weight excluding hydrogens is 260 g/mol. The molecule has 98 valence electrons. The molecular formula is C11H12O6S. The van der Waals surface area contributed by atoms with Crippen LogP contribution in [0.25, 0.3) is 0 Å². The molecule has 1 saturated heterocycles. The smallest absolute Gasteiger partial charge is 0.400 e. The molecule has 0 bridgehead atoms. The molecule has 1 aliphatic rings. The first-order valence-electron chi connectivity index (χ1n) is 5.31. The summed E-state index contributed by atoms with van der Waals surface area (Å²) in [5, 5.41) is 0. The van der Waals surface area contributed by atoms with E-state index in [1.54, 1.807) is 19.1 Å². The topological polar surface area (TPSA) is 78.9 Å². The minimum atomic E-state index is -4.04. The second-order valence-corrected chi connectivity index (χ2v) is 5.01. The highest BCUT2D eigenvalue weighted by Gasteiger charge is 2.37. The molecule has 1 aromatic rings. The van der Waals surface area contributed by atoms with E-state index < -0.39 is 28.6 Å². The Kier molecular flexibility index (Phi) is 3.65. The van der Waals surface area contributed by atoms with Crippen molar-refractivity contribution in [1.29, 1.82) is 0 Å². The average molecular weight is 272 g/mol. The highest BCUT2D eigenvalue weighted by molar-refractivity contribution is 7.82. The summed E-state index contributed by atoms with van der Waals surface area (Å²) in [4.78, 5) is 11.6.